The number of rotatable bonds is 8. The number of hydrogen-bond acceptors (Lipinski definition) is 5. The van der Waals surface area contributed by atoms with Crippen molar-refractivity contribution < 1.29 is 23.1 Å². The number of benzene rings is 1. The molecule has 1 aromatic rings. The summed E-state index contributed by atoms with van der Waals surface area (Å²) in [5.41, 5.74) is -0.0682. The monoisotopic (exact) mass is 397 g/mol. The number of carboxylic acid groups (broad SMARTS) is 1. The van der Waals surface area contributed by atoms with Crippen molar-refractivity contribution >= 4 is 21.9 Å². The van der Waals surface area contributed by atoms with Gasteiger partial charge < -0.3 is 14.9 Å². The molecule has 0 bridgehead atoms. The summed E-state index contributed by atoms with van der Waals surface area (Å²) in [6, 6.07) is 5.33. The third-order valence-electron chi connectivity index (χ3n) is 4.85. The Labute approximate surface area is 160 Å². The minimum absolute atomic E-state index is 0.0341. The van der Waals surface area contributed by atoms with E-state index in [2.05, 4.69) is 18.7 Å². The van der Waals surface area contributed by atoms with Gasteiger partial charge in [0.1, 0.15) is 0 Å². The van der Waals surface area contributed by atoms with E-state index < -0.39 is 16.0 Å². The van der Waals surface area contributed by atoms with Crippen molar-refractivity contribution in [2.75, 3.05) is 45.8 Å². The molecule has 0 radical (unpaired) electrons. The average Bonchev–Trinajstić information content (AvgIpc) is 2.68. The number of nitrogens with zero attached hydrogens (tertiary/aromatic N) is 3. The molecule has 9 heteroatoms. The molecule has 1 heterocycles. The lowest BCUT2D eigenvalue weighted by molar-refractivity contribution is -0.132. The molecule has 1 fully saturated rings. The molecule has 1 aromatic carbocycles. The molecule has 0 unspecified atom stereocenters. The number of piperazine rings is 1. The lowest BCUT2D eigenvalue weighted by Crippen LogP contribution is -2.50. The number of sulfonamides is 1. The summed E-state index contributed by atoms with van der Waals surface area (Å²) in [7, 11) is -3.78. The first-order chi connectivity index (χ1) is 12.8. The minimum atomic E-state index is -3.78. The highest BCUT2D eigenvalue weighted by Gasteiger charge is 2.30. The normalized spacial score (nSPS) is 15.9. The Balaban J connectivity index is 1.97. The SMILES string of the molecule is CCN(CC)CCC(=O)N1CCN(S(=O)(=O)c2cccc(C(=O)O)c2)CC1. The molecule has 2 rings (SSSR count). The van der Waals surface area contributed by atoms with Crippen molar-refractivity contribution in [3.63, 3.8) is 0 Å². The summed E-state index contributed by atoms with van der Waals surface area (Å²) in [5, 5.41) is 9.05. The largest absolute Gasteiger partial charge is 0.478 e. The van der Waals surface area contributed by atoms with Gasteiger partial charge in [0, 0.05) is 39.1 Å². The van der Waals surface area contributed by atoms with E-state index in [1.54, 1.807) is 4.90 Å². The lowest BCUT2D eigenvalue weighted by atomic mass is 10.2. The fraction of sp³-hybridized carbons (Fsp3) is 0.556. The molecule has 0 aromatic heterocycles. The van der Waals surface area contributed by atoms with Crippen molar-refractivity contribution in [1.29, 1.82) is 0 Å². The van der Waals surface area contributed by atoms with Crippen LogP contribution in [0, 0.1) is 0 Å². The second-order valence-electron chi connectivity index (χ2n) is 6.39. The fourth-order valence-corrected chi connectivity index (χ4v) is 4.54. The molecule has 0 saturated carbocycles. The second kappa shape index (κ2) is 9.29. The van der Waals surface area contributed by atoms with Crippen LogP contribution in [0.5, 0.6) is 0 Å². The van der Waals surface area contributed by atoms with E-state index in [0.717, 1.165) is 13.1 Å². The predicted molar refractivity (Wildman–Crippen MR) is 101 cm³/mol. The van der Waals surface area contributed by atoms with Crippen LogP contribution in [0.4, 0.5) is 0 Å². The highest BCUT2D eigenvalue weighted by atomic mass is 32.2. The van der Waals surface area contributed by atoms with E-state index in [-0.39, 0.29) is 29.5 Å². The molecule has 0 aliphatic carbocycles. The van der Waals surface area contributed by atoms with E-state index in [4.69, 9.17) is 5.11 Å². The summed E-state index contributed by atoms with van der Waals surface area (Å²) in [6.45, 7) is 7.69. The Kier molecular flexibility index (Phi) is 7.34. The highest BCUT2D eigenvalue weighted by Crippen LogP contribution is 2.19. The van der Waals surface area contributed by atoms with Gasteiger partial charge in [0.05, 0.1) is 10.5 Å². The molecule has 1 saturated heterocycles. The zero-order valence-electron chi connectivity index (χ0n) is 15.8. The Hall–Kier alpha value is -1.97. The predicted octanol–water partition coefficient (Wildman–Crippen LogP) is 0.950. The van der Waals surface area contributed by atoms with Crippen LogP contribution in [-0.4, -0.2) is 85.3 Å². The van der Waals surface area contributed by atoms with Gasteiger partial charge in [-0.2, -0.15) is 4.31 Å². The number of carboxylic acids is 1. The van der Waals surface area contributed by atoms with E-state index in [1.165, 1.54) is 28.6 Å². The number of amides is 1. The minimum Gasteiger partial charge on any atom is -0.478 e. The van der Waals surface area contributed by atoms with Crippen LogP contribution >= 0.6 is 0 Å². The number of carbonyl (C=O) groups excluding carboxylic acids is 1. The first kappa shape index (κ1) is 21.3. The highest BCUT2D eigenvalue weighted by molar-refractivity contribution is 7.89. The van der Waals surface area contributed by atoms with Crippen LogP contribution in [0.25, 0.3) is 0 Å². The van der Waals surface area contributed by atoms with Crippen LogP contribution in [0.3, 0.4) is 0 Å². The Morgan fingerprint density at radius 1 is 1.11 bits per heavy atom. The third kappa shape index (κ3) is 5.27. The summed E-state index contributed by atoms with van der Waals surface area (Å²) in [6.07, 6.45) is 0.426. The van der Waals surface area contributed by atoms with Gasteiger partial charge >= 0.3 is 5.97 Å². The van der Waals surface area contributed by atoms with Crippen molar-refractivity contribution in [3.8, 4) is 0 Å². The van der Waals surface area contributed by atoms with Gasteiger partial charge in [-0.1, -0.05) is 19.9 Å². The van der Waals surface area contributed by atoms with Crippen molar-refractivity contribution in [3.05, 3.63) is 29.8 Å². The van der Waals surface area contributed by atoms with Crippen LogP contribution in [0.1, 0.15) is 30.6 Å². The second-order valence-corrected chi connectivity index (χ2v) is 8.33. The number of aromatic carboxylic acids is 1. The van der Waals surface area contributed by atoms with E-state index in [9.17, 15) is 18.0 Å². The molecule has 150 valence electrons. The maximum absolute atomic E-state index is 12.8. The molecule has 1 amide bonds. The molecule has 8 nitrogen and oxygen atoms in total. The average molecular weight is 397 g/mol. The molecule has 27 heavy (non-hydrogen) atoms. The topological polar surface area (TPSA) is 98.2 Å². The summed E-state index contributed by atoms with van der Waals surface area (Å²) >= 11 is 0. The summed E-state index contributed by atoms with van der Waals surface area (Å²) < 4.78 is 26.8. The van der Waals surface area contributed by atoms with Gasteiger partial charge in [-0.3, -0.25) is 4.79 Å². The molecular formula is C18H27N3O5S. The van der Waals surface area contributed by atoms with Gasteiger partial charge in [0.25, 0.3) is 0 Å². The van der Waals surface area contributed by atoms with Crippen LogP contribution < -0.4 is 0 Å². The van der Waals surface area contributed by atoms with Crippen molar-refractivity contribution in [1.82, 2.24) is 14.1 Å². The standard InChI is InChI=1S/C18H27N3O5S/c1-3-19(4-2)9-8-17(22)20-10-12-21(13-11-20)27(25,26)16-7-5-6-15(14-16)18(23)24/h5-7,14H,3-4,8-13H2,1-2H3,(H,23,24). The lowest BCUT2D eigenvalue weighted by Gasteiger charge is -2.34. The zero-order chi connectivity index (χ0) is 20.0. The smallest absolute Gasteiger partial charge is 0.335 e. The van der Waals surface area contributed by atoms with E-state index in [1.807, 2.05) is 0 Å². The van der Waals surface area contributed by atoms with Crippen LogP contribution in [0.15, 0.2) is 29.2 Å². The Bertz CT molecular complexity index is 769. The number of hydrogen-bond donors (Lipinski definition) is 1. The Morgan fingerprint density at radius 2 is 1.74 bits per heavy atom. The fourth-order valence-electron chi connectivity index (χ4n) is 3.07. The van der Waals surface area contributed by atoms with Crippen LogP contribution in [-0.2, 0) is 14.8 Å². The maximum atomic E-state index is 12.8. The molecular weight excluding hydrogens is 370 g/mol. The van der Waals surface area contributed by atoms with Gasteiger partial charge in [-0.05, 0) is 31.3 Å². The molecule has 1 aliphatic rings. The van der Waals surface area contributed by atoms with Crippen molar-refractivity contribution in [2.45, 2.75) is 25.2 Å². The molecule has 1 aliphatic heterocycles. The Morgan fingerprint density at radius 3 is 2.30 bits per heavy atom. The van der Waals surface area contributed by atoms with Gasteiger partial charge in [0.2, 0.25) is 15.9 Å². The van der Waals surface area contributed by atoms with Gasteiger partial charge in [-0.15, -0.1) is 0 Å². The molecule has 0 atom stereocenters. The summed E-state index contributed by atoms with van der Waals surface area (Å²) in [5.74, 6) is -1.14. The van der Waals surface area contributed by atoms with Gasteiger partial charge in [0.15, 0.2) is 0 Å². The first-order valence-electron chi connectivity index (χ1n) is 9.13. The third-order valence-corrected chi connectivity index (χ3v) is 6.74. The van der Waals surface area contributed by atoms with Crippen molar-refractivity contribution in [2.24, 2.45) is 0 Å². The van der Waals surface area contributed by atoms with E-state index >= 15 is 0 Å². The molecule has 1 N–H and O–H groups in total. The maximum Gasteiger partial charge on any atom is 0.335 e. The number of carbonyl (C=O) groups is 2. The van der Waals surface area contributed by atoms with Gasteiger partial charge in [-0.25, -0.2) is 13.2 Å². The first-order valence-corrected chi connectivity index (χ1v) is 10.6. The van der Waals surface area contributed by atoms with Crippen LogP contribution in [0.2, 0.25) is 0 Å². The quantitative estimate of drug-likeness (QED) is 0.701. The van der Waals surface area contributed by atoms with E-state index in [0.29, 0.717) is 26.1 Å². The zero-order valence-corrected chi connectivity index (χ0v) is 16.6. The summed E-state index contributed by atoms with van der Waals surface area (Å²) in [4.78, 5) is 27.3. The molecule has 0 spiro atoms.